The molecule has 7 heteroatoms. The lowest BCUT2D eigenvalue weighted by molar-refractivity contribution is -0.128. The van der Waals surface area contributed by atoms with E-state index in [2.05, 4.69) is 10.6 Å². The van der Waals surface area contributed by atoms with E-state index < -0.39 is 0 Å². The van der Waals surface area contributed by atoms with Gasteiger partial charge in [0.15, 0.2) is 0 Å². The number of likely N-dealkylation sites (tertiary alicyclic amines) is 2. The van der Waals surface area contributed by atoms with Crippen molar-refractivity contribution in [3.8, 4) is 0 Å². The van der Waals surface area contributed by atoms with Gasteiger partial charge in [0.1, 0.15) is 0 Å². The second kappa shape index (κ2) is 9.64. The largest absolute Gasteiger partial charge is 0.340 e. The van der Waals surface area contributed by atoms with Gasteiger partial charge in [-0.1, -0.05) is 42.5 Å². The van der Waals surface area contributed by atoms with E-state index in [9.17, 15) is 14.4 Å². The van der Waals surface area contributed by atoms with Crippen molar-refractivity contribution in [3.05, 3.63) is 65.7 Å². The third-order valence-electron chi connectivity index (χ3n) is 5.84. The number of urea groups is 1. The fourth-order valence-electron chi connectivity index (χ4n) is 4.15. The van der Waals surface area contributed by atoms with Gasteiger partial charge < -0.3 is 20.4 Å². The molecule has 2 aromatic carbocycles. The number of hydrogen-bond acceptors (Lipinski definition) is 3. The summed E-state index contributed by atoms with van der Waals surface area (Å²) < 4.78 is 0. The minimum absolute atomic E-state index is 0.134. The maximum atomic E-state index is 12.7. The van der Waals surface area contributed by atoms with Crippen LogP contribution in [0.15, 0.2) is 54.6 Å². The van der Waals surface area contributed by atoms with Crippen LogP contribution in [-0.2, 0) is 16.1 Å². The highest BCUT2D eigenvalue weighted by molar-refractivity contribution is 5.89. The first kappa shape index (κ1) is 20.9. The zero-order chi connectivity index (χ0) is 21.6. The zero-order valence-electron chi connectivity index (χ0n) is 17.5. The van der Waals surface area contributed by atoms with Crippen LogP contribution in [0.3, 0.4) is 0 Å². The quantitative estimate of drug-likeness (QED) is 0.721. The molecule has 7 nitrogen and oxygen atoms in total. The van der Waals surface area contributed by atoms with Gasteiger partial charge in [0.25, 0.3) is 0 Å². The van der Waals surface area contributed by atoms with Crippen LogP contribution in [0, 0.1) is 0 Å². The molecule has 0 bridgehead atoms. The molecule has 4 amide bonds. The molecule has 0 aliphatic carbocycles. The van der Waals surface area contributed by atoms with E-state index in [1.165, 1.54) is 0 Å². The number of rotatable bonds is 7. The van der Waals surface area contributed by atoms with Crippen LogP contribution in [-0.4, -0.2) is 47.3 Å². The number of anilines is 1. The lowest BCUT2D eigenvalue weighted by Gasteiger charge is -2.25. The Morgan fingerprint density at radius 2 is 1.52 bits per heavy atom. The molecule has 162 valence electrons. The van der Waals surface area contributed by atoms with E-state index in [0.29, 0.717) is 31.6 Å². The topological polar surface area (TPSA) is 81.8 Å². The van der Waals surface area contributed by atoms with E-state index in [1.807, 2.05) is 64.4 Å². The number of benzene rings is 2. The van der Waals surface area contributed by atoms with Crippen molar-refractivity contribution in [1.82, 2.24) is 15.1 Å². The molecular weight excluding hydrogens is 392 g/mol. The Balaban J connectivity index is 1.37. The standard InChI is InChI=1S/C24H28N4O3/c29-22-8-4-14-27(22)16-18-10-12-20(13-11-18)25-24(31)26-21(19-6-2-1-3-7-19)17-28-15-5-9-23(28)30/h1-3,6-7,10-13,21H,4-5,8-9,14-17H2,(H2,25,26,31). The third-order valence-corrected chi connectivity index (χ3v) is 5.84. The number of amides is 4. The summed E-state index contributed by atoms with van der Waals surface area (Å²) in [5.74, 6) is 0.334. The number of nitrogens with zero attached hydrogens (tertiary/aromatic N) is 2. The summed E-state index contributed by atoms with van der Waals surface area (Å²) in [7, 11) is 0. The van der Waals surface area contributed by atoms with Crippen molar-refractivity contribution in [3.63, 3.8) is 0 Å². The molecule has 1 atom stereocenters. The molecule has 1 unspecified atom stereocenters. The molecule has 2 N–H and O–H groups in total. The molecule has 31 heavy (non-hydrogen) atoms. The Kier molecular flexibility index (Phi) is 6.50. The first-order valence-corrected chi connectivity index (χ1v) is 10.9. The van der Waals surface area contributed by atoms with Gasteiger partial charge in [0.05, 0.1) is 6.04 Å². The van der Waals surface area contributed by atoms with E-state index >= 15 is 0 Å². The molecule has 2 saturated heterocycles. The fourth-order valence-corrected chi connectivity index (χ4v) is 4.15. The summed E-state index contributed by atoms with van der Waals surface area (Å²) in [6.07, 6.45) is 2.99. The highest BCUT2D eigenvalue weighted by Crippen LogP contribution is 2.20. The smallest absolute Gasteiger partial charge is 0.319 e. The van der Waals surface area contributed by atoms with Crippen molar-refractivity contribution in [2.75, 3.05) is 25.0 Å². The molecular formula is C24H28N4O3. The molecule has 2 heterocycles. The van der Waals surface area contributed by atoms with Crippen molar-refractivity contribution < 1.29 is 14.4 Å². The van der Waals surface area contributed by atoms with Gasteiger partial charge in [0, 0.05) is 44.7 Å². The van der Waals surface area contributed by atoms with E-state index in [1.54, 1.807) is 0 Å². The van der Waals surface area contributed by atoms with Crippen LogP contribution in [0.1, 0.15) is 42.9 Å². The number of carbonyl (C=O) groups excluding carboxylic acids is 3. The van der Waals surface area contributed by atoms with Crippen LogP contribution in [0.4, 0.5) is 10.5 Å². The van der Waals surface area contributed by atoms with E-state index in [-0.39, 0.29) is 23.9 Å². The van der Waals surface area contributed by atoms with E-state index in [0.717, 1.165) is 37.1 Å². The zero-order valence-corrected chi connectivity index (χ0v) is 17.5. The summed E-state index contributed by atoms with van der Waals surface area (Å²) in [4.78, 5) is 40.2. The van der Waals surface area contributed by atoms with Crippen molar-refractivity contribution >= 4 is 23.5 Å². The average molecular weight is 421 g/mol. The van der Waals surface area contributed by atoms with Gasteiger partial charge >= 0.3 is 6.03 Å². The molecule has 2 aromatic rings. The minimum atomic E-state index is -0.317. The first-order valence-electron chi connectivity index (χ1n) is 10.9. The van der Waals surface area contributed by atoms with Crippen LogP contribution < -0.4 is 10.6 Å². The van der Waals surface area contributed by atoms with Crippen molar-refractivity contribution in [2.24, 2.45) is 0 Å². The Morgan fingerprint density at radius 3 is 2.13 bits per heavy atom. The van der Waals surface area contributed by atoms with Crippen molar-refractivity contribution in [1.29, 1.82) is 0 Å². The Morgan fingerprint density at radius 1 is 0.871 bits per heavy atom. The second-order valence-corrected chi connectivity index (χ2v) is 8.12. The maximum Gasteiger partial charge on any atom is 0.319 e. The summed E-state index contributed by atoms with van der Waals surface area (Å²) in [6, 6.07) is 16.6. The third kappa shape index (κ3) is 5.42. The molecule has 4 rings (SSSR count). The van der Waals surface area contributed by atoms with Crippen LogP contribution in [0.25, 0.3) is 0 Å². The first-order chi connectivity index (χ1) is 15.1. The highest BCUT2D eigenvalue weighted by Gasteiger charge is 2.25. The predicted octanol–water partition coefficient (Wildman–Crippen LogP) is 3.29. The van der Waals surface area contributed by atoms with Crippen LogP contribution in [0.2, 0.25) is 0 Å². The molecule has 2 aliphatic rings. The molecule has 0 saturated carbocycles. The number of hydrogen-bond donors (Lipinski definition) is 2. The summed E-state index contributed by atoms with van der Waals surface area (Å²) in [5, 5.41) is 5.89. The van der Waals surface area contributed by atoms with Crippen LogP contribution in [0.5, 0.6) is 0 Å². The SMILES string of the molecule is O=C(Nc1ccc(CN2CCCC2=O)cc1)NC(CN1CCCC1=O)c1ccccc1. The fraction of sp³-hybridized carbons (Fsp3) is 0.375. The predicted molar refractivity (Wildman–Crippen MR) is 118 cm³/mol. The van der Waals surface area contributed by atoms with Gasteiger partial charge in [-0.3, -0.25) is 9.59 Å². The molecule has 2 fully saturated rings. The minimum Gasteiger partial charge on any atom is -0.340 e. The molecule has 0 aromatic heterocycles. The summed E-state index contributed by atoms with van der Waals surface area (Å²) in [5.41, 5.74) is 2.68. The maximum absolute atomic E-state index is 12.7. The Hall–Kier alpha value is -3.35. The Labute approximate surface area is 182 Å². The lowest BCUT2D eigenvalue weighted by atomic mass is 10.1. The monoisotopic (exact) mass is 420 g/mol. The summed E-state index contributed by atoms with van der Waals surface area (Å²) >= 11 is 0. The lowest BCUT2D eigenvalue weighted by Crippen LogP contribution is -2.40. The summed E-state index contributed by atoms with van der Waals surface area (Å²) in [6.45, 7) is 2.60. The van der Waals surface area contributed by atoms with Crippen molar-refractivity contribution in [2.45, 2.75) is 38.3 Å². The second-order valence-electron chi connectivity index (χ2n) is 8.12. The number of carbonyl (C=O) groups is 3. The highest BCUT2D eigenvalue weighted by atomic mass is 16.2. The molecule has 0 radical (unpaired) electrons. The number of nitrogens with one attached hydrogen (secondary N) is 2. The van der Waals surface area contributed by atoms with Gasteiger partial charge in [0.2, 0.25) is 11.8 Å². The van der Waals surface area contributed by atoms with Gasteiger partial charge in [-0.2, -0.15) is 0 Å². The average Bonchev–Trinajstić information content (AvgIpc) is 3.37. The van der Waals surface area contributed by atoms with Gasteiger partial charge in [-0.15, -0.1) is 0 Å². The van der Waals surface area contributed by atoms with Gasteiger partial charge in [-0.25, -0.2) is 4.79 Å². The van der Waals surface area contributed by atoms with E-state index in [4.69, 9.17) is 0 Å². The van der Waals surface area contributed by atoms with Crippen LogP contribution >= 0.6 is 0 Å². The van der Waals surface area contributed by atoms with Gasteiger partial charge in [-0.05, 0) is 36.1 Å². The molecule has 2 aliphatic heterocycles. The molecule has 0 spiro atoms. The normalized spacial score (nSPS) is 17.2. The Bertz CT molecular complexity index is 930.